The maximum Gasteiger partial charge on any atom is 0.224 e. The molecule has 1 aliphatic rings. The van der Waals surface area contributed by atoms with Crippen molar-refractivity contribution in [2.45, 2.75) is 25.3 Å². The zero-order valence-electron chi connectivity index (χ0n) is 13.1. The summed E-state index contributed by atoms with van der Waals surface area (Å²) in [5, 5.41) is 12.5. The third-order valence-electron chi connectivity index (χ3n) is 4.28. The van der Waals surface area contributed by atoms with Gasteiger partial charge in [-0.25, -0.2) is 0 Å². The smallest absolute Gasteiger partial charge is 0.224 e. The molecular weight excluding hydrogens is 288 g/mol. The van der Waals surface area contributed by atoms with Crippen LogP contribution in [0, 0.1) is 0 Å². The number of piperidine rings is 1. The number of carbonyl (C=O) groups excluding carboxylic acids is 1. The molecule has 3 rings (SSSR count). The van der Waals surface area contributed by atoms with E-state index in [2.05, 4.69) is 10.2 Å². The molecule has 23 heavy (non-hydrogen) atoms. The van der Waals surface area contributed by atoms with E-state index in [1.165, 1.54) is 0 Å². The molecule has 1 saturated heterocycles. The average molecular weight is 310 g/mol. The van der Waals surface area contributed by atoms with Gasteiger partial charge in [0, 0.05) is 24.8 Å². The first-order valence-corrected chi connectivity index (χ1v) is 8.08. The van der Waals surface area contributed by atoms with Gasteiger partial charge in [-0.05, 0) is 42.7 Å². The number of amides is 1. The van der Waals surface area contributed by atoms with Crippen molar-refractivity contribution < 1.29 is 9.90 Å². The summed E-state index contributed by atoms with van der Waals surface area (Å²) in [6.45, 7) is 1.84. The van der Waals surface area contributed by atoms with Gasteiger partial charge in [0.15, 0.2) is 0 Å². The second kappa shape index (κ2) is 7.18. The summed E-state index contributed by atoms with van der Waals surface area (Å²) in [4.78, 5) is 14.4. The Hall–Kier alpha value is -2.49. The van der Waals surface area contributed by atoms with Gasteiger partial charge in [-0.3, -0.25) is 4.79 Å². The summed E-state index contributed by atoms with van der Waals surface area (Å²) >= 11 is 0. The number of phenols is 1. The normalized spacial score (nSPS) is 15.4. The highest BCUT2D eigenvalue weighted by molar-refractivity contribution is 5.78. The molecule has 0 aliphatic carbocycles. The van der Waals surface area contributed by atoms with Gasteiger partial charge in [0.2, 0.25) is 5.91 Å². The summed E-state index contributed by atoms with van der Waals surface area (Å²) in [5.74, 6) is 0.385. The van der Waals surface area contributed by atoms with E-state index in [0.29, 0.717) is 6.42 Å². The molecule has 0 unspecified atom stereocenters. The van der Waals surface area contributed by atoms with Crippen molar-refractivity contribution in [2.24, 2.45) is 0 Å². The van der Waals surface area contributed by atoms with Gasteiger partial charge in [-0.1, -0.05) is 30.3 Å². The van der Waals surface area contributed by atoms with Crippen LogP contribution in [0.5, 0.6) is 5.75 Å². The summed E-state index contributed by atoms with van der Waals surface area (Å²) in [7, 11) is 0. The summed E-state index contributed by atoms with van der Waals surface area (Å²) in [5.41, 5.74) is 2.17. The molecule has 2 aromatic carbocycles. The van der Waals surface area contributed by atoms with E-state index >= 15 is 0 Å². The number of benzene rings is 2. The van der Waals surface area contributed by atoms with E-state index in [1.54, 1.807) is 12.1 Å². The number of phenolic OH excluding ortho intramolecular Hbond substituents is 1. The third kappa shape index (κ3) is 4.25. The number of hydrogen-bond donors (Lipinski definition) is 2. The number of rotatable bonds is 4. The maximum absolute atomic E-state index is 12.1. The summed E-state index contributed by atoms with van der Waals surface area (Å²) < 4.78 is 0. The lowest BCUT2D eigenvalue weighted by molar-refractivity contribution is -0.121. The number of anilines is 1. The van der Waals surface area contributed by atoms with Gasteiger partial charge >= 0.3 is 0 Å². The first-order chi connectivity index (χ1) is 11.2. The van der Waals surface area contributed by atoms with Crippen LogP contribution in [0.1, 0.15) is 18.4 Å². The molecule has 1 aliphatic heterocycles. The largest absolute Gasteiger partial charge is 0.508 e. The van der Waals surface area contributed by atoms with Crippen LogP contribution in [-0.4, -0.2) is 30.1 Å². The van der Waals surface area contributed by atoms with Crippen LogP contribution in [0.2, 0.25) is 0 Å². The average Bonchev–Trinajstić information content (AvgIpc) is 2.57. The Morgan fingerprint density at radius 1 is 1.04 bits per heavy atom. The fourth-order valence-corrected chi connectivity index (χ4v) is 3.01. The SMILES string of the molecule is O=C(Cc1ccccc1)NC1CCN(c2ccc(O)cc2)CC1. The number of hydrogen-bond acceptors (Lipinski definition) is 3. The van der Waals surface area contributed by atoms with Crippen molar-refractivity contribution in [3.8, 4) is 5.75 Å². The molecular formula is C19H22N2O2. The zero-order valence-corrected chi connectivity index (χ0v) is 13.1. The lowest BCUT2D eigenvalue weighted by Crippen LogP contribution is -2.45. The fraction of sp³-hybridized carbons (Fsp3) is 0.316. The standard InChI is InChI=1S/C19H22N2O2/c22-18-8-6-17(7-9-18)21-12-10-16(11-13-21)20-19(23)14-15-4-2-1-3-5-15/h1-9,16,22H,10-14H2,(H,20,23). The third-order valence-corrected chi connectivity index (χ3v) is 4.28. The van der Waals surface area contributed by atoms with Gasteiger partial charge in [0.25, 0.3) is 0 Å². The Balaban J connectivity index is 1.47. The van der Waals surface area contributed by atoms with Gasteiger partial charge in [-0.2, -0.15) is 0 Å². The predicted octanol–water partition coefficient (Wildman–Crippen LogP) is 2.72. The summed E-state index contributed by atoms with van der Waals surface area (Å²) in [6, 6.07) is 17.4. The predicted molar refractivity (Wildman–Crippen MR) is 91.6 cm³/mol. The number of nitrogens with zero attached hydrogens (tertiary/aromatic N) is 1. The number of nitrogens with one attached hydrogen (secondary N) is 1. The molecule has 4 heteroatoms. The van der Waals surface area contributed by atoms with Gasteiger partial charge in [-0.15, -0.1) is 0 Å². The molecule has 0 radical (unpaired) electrons. The molecule has 2 aromatic rings. The van der Waals surface area contributed by atoms with Crippen LogP contribution in [-0.2, 0) is 11.2 Å². The van der Waals surface area contributed by atoms with E-state index in [-0.39, 0.29) is 17.7 Å². The van der Waals surface area contributed by atoms with Crippen LogP contribution in [0.4, 0.5) is 5.69 Å². The molecule has 0 spiro atoms. The molecule has 0 aromatic heterocycles. The Kier molecular flexibility index (Phi) is 4.81. The van der Waals surface area contributed by atoms with E-state index in [1.807, 2.05) is 42.5 Å². The molecule has 1 fully saturated rings. The lowest BCUT2D eigenvalue weighted by Gasteiger charge is -2.34. The quantitative estimate of drug-likeness (QED) is 0.913. The van der Waals surface area contributed by atoms with Crippen molar-refractivity contribution in [3.63, 3.8) is 0 Å². The molecule has 1 amide bonds. The first kappa shape index (κ1) is 15.4. The second-order valence-electron chi connectivity index (χ2n) is 6.01. The van der Waals surface area contributed by atoms with Crippen molar-refractivity contribution in [1.82, 2.24) is 5.32 Å². The molecule has 0 atom stereocenters. The lowest BCUT2D eigenvalue weighted by atomic mass is 10.0. The highest BCUT2D eigenvalue weighted by Crippen LogP contribution is 2.22. The number of carbonyl (C=O) groups is 1. The molecule has 4 nitrogen and oxygen atoms in total. The fourth-order valence-electron chi connectivity index (χ4n) is 3.01. The van der Waals surface area contributed by atoms with Gasteiger partial charge < -0.3 is 15.3 Å². The summed E-state index contributed by atoms with van der Waals surface area (Å²) in [6.07, 6.45) is 2.34. The van der Waals surface area contributed by atoms with Crippen molar-refractivity contribution >= 4 is 11.6 Å². The monoisotopic (exact) mass is 310 g/mol. The topological polar surface area (TPSA) is 52.6 Å². The molecule has 120 valence electrons. The molecule has 0 saturated carbocycles. The van der Waals surface area contributed by atoms with Crippen LogP contribution < -0.4 is 10.2 Å². The molecule has 0 bridgehead atoms. The minimum absolute atomic E-state index is 0.0966. The van der Waals surface area contributed by atoms with Crippen molar-refractivity contribution in [1.29, 1.82) is 0 Å². The minimum atomic E-state index is 0.0966. The minimum Gasteiger partial charge on any atom is -0.508 e. The molecule has 2 N–H and O–H groups in total. The van der Waals surface area contributed by atoms with Crippen LogP contribution >= 0.6 is 0 Å². The Labute approximate surface area is 136 Å². The van der Waals surface area contributed by atoms with E-state index in [0.717, 1.165) is 37.2 Å². The van der Waals surface area contributed by atoms with E-state index in [9.17, 15) is 9.90 Å². The van der Waals surface area contributed by atoms with Crippen LogP contribution in [0.3, 0.4) is 0 Å². The highest BCUT2D eigenvalue weighted by Gasteiger charge is 2.20. The maximum atomic E-state index is 12.1. The molecule has 1 heterocycles. The van der Waals surface area contributed by atoms with Gasteiger partial charge in [0.1, 0.15) is 5.75 Å². The van der Waals surface area contributed by atoms with Crippen LogP contribution in [0.25, 0.3) is 0 Å². The highest BCUT2D eigenvalue weighted by atomic mass is 16.3. The van der Waals surface area contributed by atoms with Gasteiger partial charge in [0.05, 0.1) is 6.42 Å². The number of aromatic hydroxyl groups is 1. The Bertz CT molecular complexity index is 632. The van der Waals surface area contributed by atoms with E-state index in [4.69, 9.17) is 0 Å². The Morgan fingerprint density at radius 2 is 1.70 bits per heavy atom. The van der Waals surface area contributed by atoms with Crippen LogP contribution in [0.15, 0.2) is 54.6 Å². The van der Waals surface area contributed by atoms with Crippen molar-refractivity contribution in [3.05, 3.63) is 60.2 Å². The van der Waals surface area contributed by atoms with Crippen molar-refractivity contribution in [2.75, 3.05) is 18.0 Å². The zero-order chi connectivity index (χ0) is 16.1. The Morgan fingerprint density at radius 3 is 2.35 bits per heavy atom. The second-order valence-corrected chi connectivity index (χ2v) is 6.01. The first-order valence-electron chi connectivity index (χ1n) is 8.08. The van der Waals surface area contributed by atoms with E-state index < -0.39 is 0 Å².